The molecule has 6 nitrogen and oxygen atoms in total. The Hall–Kier alpha value is -2.23. The summed E-state index contributed by atoms with van der Waals surface area (Å²) in [5.41, 5.74) is 2.42. The van der Waals surface area contributed by atoms with Gasteiger partial charge in [0.25, 0.3) is 0 Å². The van der Waals surface area contributed by atoms with Gasteiger partial charge >= 0.3 is 0 Å². The lowest BCUT2D eigenvalue weighted by molar-refractivity contribution is 0.339. The van der Waals surface area contributed by atoms with Crippen molar-refractivity contribution in [3.8, 4) is 17.2 Å². The summed E-state index contributed by atoms with van der Waals surface area (Å²) in [6.45, 7) is 2.70. The number of nitrogens with zero attached hydrogens (tertiary/aromatic N) is 1. The molecule has 2 aromatic rings. The van der Waals surface area contributed by atoms with Crippen LogP contribution in [0.1, 0.15) is 16.7 Å². The number of aryl methyl sites for hydroxylation is 1. The average molecular weight is 489 g/mol. The van der Waals surface area contributed by atoms with Crippen LogP contribution in [0.25, 0.3) is 0 Å². The third kappa shape index (κ3) is 6.16. The van der Waals surface area contributed by atoms with E-state index in [4.69, 9.17) is 9.47 Å². The normalized spacial score (nSPS) is 10.8. The molecule has 3 N–H and O–H groups in total. The van der Waals surface area contributed by atoms with Crippen molar-refractivity contribution in [3.63, 3.8) is 0 Å². The predicted octanol–water partition coefficient (Wildman–Crippen LogP) is 3.34. The Bertz CT molecular complexity index is 775. The summed E-state index contributed by atoms with van der Waals surface area (Å²) in [4.78, 5) is 4.17. The summed E-state index contributed by atoms with van der Waals surface area (Å²) in [7, 11) is 4.64. The van der Waals surface area contributed by atoms with Crippen LogP contribution in [-0.2, 0) is 13.1 Å². The second kappa shape index (κ2) is 10.8. The van der Waals surface area contributed by atoms with E-state index >= 15 is 0 Å². The number of ether oxygens (including phenoxy) is 2. The second-order valence-corrected chi connectivity index (χ2v) is 5.71. The topological polar surface area (TPSA) is 75.1 Å². The van der Waals surface area contributed by atoms with Gasteiger partial charge in [-0.3, -0.25) is 4.99 Å². The first-order valence-corrected chi connectivity index (χ1v) is 8.12. The number of nitrogens with one attached hydrogen (secondary N) is 2. The van der Waals surface area contributed by atoms with Gasteiger partial charge in [-0.1, -0.05) is 12.1 Å². The van der Waals surface area contributed by atoms with E-state index in [-0.39, 0.29) is 35.5 Å². The largest absolute Gasteiger partial charge is 0.502 e. The summed E-state index contributed by atoms with van der Waals surface area (Å²) >= 11 is 0. The Labute approximate surface area is 175 Å². The van der Waals surface area contributed by atoms with Gasteiger partial charge in [0.1, 0.15) is 5.82 Å². The molecule has 0 aliphatic rings. The van der Waals surface area contributed by atoms with Gasteiger partial charge in [0.2, 0.25) is 5.75 Å². The summed E-state index contributed by atoms with van der Waals surface area (Å²) in [6.07, 6.45) is 0. The summed E-state index contributed by atoms with van der Waals surface area (Å²) in [5, 5.41) is 16.3. The molecule has 0 aromatic heterocycles. The fourth-order valence-electron chi connectivity index (χ4n) is 2.46. The molecular weight excluding hydrogens is 464 g/mol. The van der Waals surface area contributed by atoms with Crippen LogP contribution in [0.3, 0.4) is 0 Å². The van der Waals surface area contributed by atoms with E-state index in [1.165, 1.54) is 20.3 Å². The first-order valence-electron chi connectivity index (χ1n) is 8.12. The number of halogens is 2. The van der Waals surface area contributed by atoms with Crippen molar-refractivity contribution >= 4 is 29.9 Å². The molecule has 8 heteroatoms. The van der Waals surface area contributed by atoms with E-state index in [9.17, 15) is 9.50 Å². The van der Waals surface area contributed by atoms with Crippen LogP contribution in [-0.4, -0.2) is 32.3 Å². The van der Waals surface area contributed by atoms with Crippen LogP contribution < -0.4 is 20.1 Å². The Morgan fingerprint density at radius 2 is 1.59 bits per heavy atom. The molecule has 148 valence electrons. The van der Waals surface area contributed by atoms with E-state index in [0.29, 0.717) is 36.1 Å². The maximum Gasteiger partial charge on any atom is 0.200 e. The van der Waals surface area contributed by atoms with Crippen LogP contribution in [0.4, 0.5) is 4.39 Å². The number of guanidine groups is 1. The highest BCUT2D eigenvalue weighted by Crippen LogP contribution is 2.36. The number of rotatable bonds is 6. The van der Waals surface area contributed by atoms with Gasteiger partial charge in [-0.25, -0.2) is 4.39 Å². The van der Waals surface area contributed by atoms with E-state index < -0.39 is 0 Å². The van der Waals surface area contributed by atoms with E-state index in [2.05, 4.69) is 15.6 Å². The second-order valence-electron chi connectivity index (χ2n) is 5.71. The van der Waals surface area contributed by atoms with Crippen LogP contribution in [0.2, 0.25) is 0 Å². The lowest BCUT2D eigenvalue weighted by atomic mass is 10.1. The minimum atomic E-state index is -0.216. The molecule has 27 heavy (non-hydrogen) atoms. The number of phenols is 1. The summed E-state index contributed by atoms with van der Waals surface area (Å²) in [5.74, 6) is 1.02. The molecule has 2 rings (SSSR count). The van der Waals surface area contributed by atoms with Crippen LogP contribution >= 0.6 is 24.0 Å². The van der Waals surface area contributed by atoms with Crippen molar-refractivity contribution in [3.05, 3.63) is 52.8 Å². The number of benzene rings is 2. The van der Waals surface area contributed by atoms with Crippen molar-refractivity contribution < 1.29 is 19.0 Å². The third-order valence-electron chi connectivity index (χ3n) is 3.91. The lowest BCUT2D eigenvalue weighted by Crippen LogP contribution is -2.36. The first-order chi connectivity index (χ1) is 12.5. The lowest BCUT2D eigenvalue weighted by Gasteiger charge is -2.14. The zero-order chi connectivity index (χ0) is 19.1. The molecule has 0 heterocycles. The standard InChI is InChI=1S/C19H24FN3O3.HI/c1-12-7-13(5-6-15(12)20)10-22-19(21-2)23-11-14-8-16(25-3)18(24)17(9-14)26-4;/h5-9,24H,10-11H2,1-4H3,(H2,21,22,23);1H. The maximum atomic E-state index is 13.3. The highest BCUT2D eigenvalue weighted by molar-refractivity contribution is 14.0. The fourth-order valence-corrected chi connectivity index (χ4v) is 2.46. The van der Waals surface area contributed by atoms with E-state index in [1.807, 2.05) is 0 Å². The van der Waals surface area contributed by atoms with Crippen molar-refractivity contribution in [2.45, 2.75) is 20.0 Å². The predicted molar refractivity (Wildman–Crippen MR) is 115 cm³/mol. The number of aliphatic imine (C=N–C) groups is 1. The van der Waals surface area contributed by atoms with E-state index in [1.54, 1.807) is 38.2 Å². The van der Waals surface area contributed by atoms with Crippen molar-refractivity contribution in [2.75, 3.05) is 21.3 Å². The van der Waals surface area contributed by atoms with Crippen LogP contribution in [0, 0.1) is 12.7 Å². The Kier molecular flexibility index (Phi) is 9.13. The molecule has 2 aromatic carbocycles. The molecule has 0 saturated heterocycles. The maximum absolute atomic E-state index is 13.3. The number of hydrogen-bond donors (Lipinski definition) is 3. The quantitative estimate of drug-likeness (QED) is 0.330. The monoisotopic (exact) mass is 489 g/mol. The van der Waals surface area contributed by atoms with Crippen LogP contribution in [0.5, 0.6) is 17.2 Å². The Balaban J connectivity index is 0.00000364. The molecule has 0 aliphatic heterocycles. The zero-order valence-electron chi connectivity index (χ0n) is 15.8. The SMILES string of the molecule is CN=C(NCc1ccc(F)c(C)c1)NCc1cc(OC)c(O)c(OC)c1.I. The number of phenolic OH excluding ortho intramolecular Hbond substituents is 1. The first kappa shape index (κ1) is 22.8. The highest BCUT2D eigenvalue weighted by Gasteiger charge is 2.11. The Morgan fingerprint density at radius 3 is 2.07 bits per heavy atom. The molecule has 0 unspecified atom stereocenters. The van der Waals surface area contributed by atoms with Gasteiger partial charge in [-0.15, -0.1) is 24.0 Å². The molecule has 0 aliphatic carbocycles. The zero-order valence-corrected chi connectivity index (χ0v) is 18.1. The Morgan fingerprint density at radius 1 is 1.04 bits per heavy atom. The van der Waals surface area contributed by atoms with Gasteiger partial charge in [0, 0.05) is 20.1 Å². The third-order valence-corrected chi connectivity index (χ3v) is 3.91. The molecule has 0 bridgehead atoms. The van der Waals surface area contributed by atoms with Crippen molar-refractivity contribution in [1.29, 1.82) is 0 Å². The van der Waals surface area contributed by atoms with Gasteiger partial charge in [-0.2, -0.15) is 0 Å². The fraction of sp³-hybridized carbons (Fsp3) is 0.316. The molecule has 0 radical (unpaired) electrons. The van der Waals surface area contributed by atoms with Gasteiger partial charge in [0.05, 0.1) is 14.2 Å². The summed E-state index contributed by atoms with van der Waals surface area (Å²) in [6, 6.07) is 8.43. The number of methoxy groups -OCH3 is 2. The molecule has 0 saturated carbocycles. The highest BCUT2D eigenvalue weighted by atomic mass is 127. The van der Waals surface area contributed by atoms with E-state index in [0.717, 1.165) is 11.1 Å². The summed E-state index contributed by atoms with van der Waals surface area (Å²) < 4.78 is 23.6. The molecular formula is C19H25FIN3O3. The smallest absolute Gasteiger partial charge is 0.200 e. The van der Waals surface area contributed by atoms with Crippen molar-refractivity contribution in [1.82, 2.24) is 10.6 Å². The molecule has 0 spiro atoms. The minimum absolute atomic E-state index is 0. The minimum Gasteiger partial charge on any atom is -0.502 e. The van der Waals surface area contributed by atoms with Gasteiger partial charge in [0.15, 0.2) is 17.5 Å². The molecule has 0 amide bonds. The molecule has 0 fully saturated rings. The average Bonchev–Trinajstić information content (AvgIpc) is 2.65. The van der Waals surface area contributed by atoms with Crippen molar-refractivity contribution in [2.24, 2.45) is 4.99 Å². The molecule has 0 atom stereocenters. The van der Waals surface area contributed by atoms with Gasteiger partial charge in [-0.05, 0) is 41.8 Å². The van der Waals surface area contributed by atoms with Gasteiger partial charge < -0.3 is 25.2 Å². The number of aromatic hydroxyl groups is 1. The number of hydrogen-bond acceptors (Lipinski definition) is 4. The van der Waals surface area contributed by atoms with Crippen LogP contribution in [0.15, 0.2) is 35.3 Å².